The summed E-state index contributed by atoms with van der Waals surface area (Å²) in [5.41, 5.74) is 0. The van der Waals surface area contributed by atoms with Gasteiger partial charge in [0.25, 0.3) is 0 Å². The van der Waals surface area contributed by atoms with Crippen LogP contribution in [0.5, 0.6) is 0 Å². The van der Waals surface area contributed by atoms with Crippen molar-refractivity contribution in [2.24, 2.45) is 0 Å². The van der Waals surface area contributed by atoms with Crippen molar-refractivity contribution in [2.45, 2.75) is 316 Å². The summed E-state index contributed by atoms with van der Waals surface area (Å²) in [6.45, 7) is 4.52. The molecule has 0 aliphatic rings. The molecule has 0 spiro atoms. The van der Waals surface area contributed by atoms with Crippen molar-refractivity contribution in [1.82, 2.24) is 0 Å². The van der Waals surface area contributed by atoms with Gasteiger partial charge >= 0.3 is 39.5 Å². The van der Waals surface area contributed by atoms with Crippen LogP contribution in [0.15, 0.2) is 134 Å². The van der Waals surface area contributed by atoms with Crippen molar-refractivity contribution in [3.8, 4) is 0 Å². The molecule has 572 valence electrons. The van der Waals surface area contributed by atoms with Gasteiger partial charge < -0.3 is 33.8 Å². The number of hydrogen-bond acceptors (Lipinski definition) is 15. The highest BCUT2D eigenvalue weighted by Gasteiger charge is 2.30. The van der Waals surface area contributed by atoms with Gasteiger partial charge in [-0.05, 0) is 154 Å². The molecule has 0 radical (unpaired) electrons. The Balaban J connectivity index is 5.44. The SMILES string of the molecule is CC/C=C\C/C=C\C/C=C\C/C=C\C/C=C\CCCC(=O)OCC(COP(=O)(O)OCC(O)COP(=O)(O)OCC(COC(=O)CCCCCCC/C=C\C/C=C\CCCCC)OC(=O)CCCCCCC/C=C\C/C=C\CCC)OC(=O)CCCCCCC/C=C\C/C=C\CCCCC. The van der Waals surface area contributed by atoms with Gasteiger partial charge in [-0.25, -0.2) is 9.13 Å². The van der Waals surface area contributed by atoms with Crippen LogP contribution >= 0.6 is 15.6 Å². The van der Waals surface area contributed by atoms with Crippen molar-refractivity contribution in [2.75, 3.05) is 39.6 Å². The van der Waals surface area contributed by atoms with Crippen molar-refractivity contribution in [3.05, 3.63) is 134 Å². The van der Waals surface area contributed by atoms with Gasteiger partial charge in [0.05, 0.1) is 26.4 Å². The average molecular weight is 1440 g/mol. The minimum Gasteiger partial charge on any atom is -0.462 e. The summed E-state index contributed by atoms with van der Waals surface area (Å²) in [4.78, 5) is 72.9. The zero-order chi connectivity index (χ0) is 73.2. The summed E-state index contributed by atoms with van der Waals surface area (Å²) < 4.78 is 68.4. The first kappa shape index (κ1) is 95.2. The lowest BCUT2D eigenvalue weighted by Gasteiger charge is -2.21. The van der Waals surface area contributed by atoms with Gasteiger partial charge in [-0.15, -0.1) is 0 Å². The Morgan fingerprint density at radius 2 is 0.550 bits per heavy atom. The van der Waals surface area contributed by atoms with Crippen LogP contribution in [0.4, 0.5) is 0 Å². The zero-order valence-electron chi connectivity index (χ0n) is 62.3. The predicted molar refractivity (Wildman–Crippen MR) is 408 cm³/mol. The highest BCUT2D eigenvalue weighted by Crippen LogP contribution is 2.45. The highest BCUT2D eigenvalue weighted by atomic mass is 31.2. The van der Waals surface area contributed by atoms with Gasteiger partial charge in [-0.1, -0.05) is 251 Å². The Labute approximate surface area is 605 Å². The molecule has 0 bridgehead atoms. The Hall–Kier alpha value is -4.80. The van der Waals surface area contributed by atoms with Crippen LogP contribution in [0, 0.1) is 0 Å². The number of hydrogen-bond donors (Lipinski definition) is 3. The average Bonchev–Trinajstić information content (AvgIpc) is 1.06. The van der Waals surface area contributed by atoms with Crippen LogP contribution in [0.1, 0.15) is 297 Å². The fourth-order valence-corrected chi connectivity index (χ4v) is 11.3. The summed E-state index contributed by atoms with van der Waals surface area (Å²) in [7, 11) is -9.98. The Bertz CT molecular complexity index is 2420. The van der Waals surface area contributed by atoms with E-state index in [2.05, 4.69) is 149 Å². The summed E-state index contributed by atoms with van der Waals surface area (Å²) in [5.74, 6) is -2.29. The lowest BCUT2D eigenvalue weighted by Crippen LogP contribution is -2.30. The predicted octanol–water partition coefficient (Wildman–Crippen LogP) is 22.1. The molecule has 0 heterocycles. The fraction of sp³-hybridized carbons (Fsp3) is 0.679. The van der Waals surface area contributed by atoms with Crippen LogP contribution in [0.25, 0.3) is 0 Å². The second-order valence-electron chi connectivity index (χ2n) is 25.2. The van der Waals surface area contributed by atoms with Crippen LogP contribution in [-0.2, 0) is 65.4 Å². The minimum atomic E-state index is -5.00. The summed E-state index contributed by atoms with van der Waals surface area (Å²) in [6, 6.07) is 0. The van der Waals surface area contributed by atoms with E-state index in [0.29, 0.717) is 32.1 Å². The smallest absolute Gasteiger partial charge is 0.462 e. The standard InChI is InChI=1S/C81H136O17P2/c1-5-9-13-17-21-25-29-33-36-37-40-43-46-50-54-58-62-66-79(84)92-72-77(98-81(86)68-64-60-56-52-48-44-39-35-31-27-23-19-15-11-7-3)74-96-100(89,90)94-70-75(82)69-93-99(87,88)95-73-76(97-80(85)67-63-59-55-51-47-41-32-28-24-20-16-12-8-4)71-91-78(83)65-61-57-53-49-45-42-38-34-30-26-22-18-14-10-6-2/h9,13,16,20-23,25-28,32-36,38-40,43,50,54,75-77,82H,5-8,10-12,14-15,17-19,24,29-31,37,41-42,44-49,51-53,55-74H2,1-4H3,(H,87,88)(H,89,90)/b13-9-,20-16-,25-21-,26-22-,27-23-,32-28-,36-33-,38-34-,39-35-,43-40-,54-50-. The van der Waals surface area contributed by atoms with E-state index < -0.39 is 97.5 Å². The van der Waals surface area contributed by atoms with Gasteiger partial charge in [0.1, 0.15) is 19.3 Å². The van der Waals surface area contributed by atoms with Gasteiger partial charge in [-0.2, -0.15) is 0 Å². The normalized spacial score (nSPS) is 14.7. The lowest BCUT2D eigenvalue weighted by atomic mass is 10.1. The molecule has 0 aromatic heterocycles. The number of unbranched alkanes of at least 4 members (excludes halogenated alkanes) is 23. The van der Waals surface area contributed by atoms with Crippen molar-refractivity contribution in [3.63, 3.8) is 0 Å². The number of phosphoric ester groups is 2. The van der Waals surface area contributed by atoms with Crippen LogP contribution in [0.2, 0.25) is 0 Å². The number of phosphoric acid groups is 2. The number of ether oxygens (including phenoxy) is 4. The molecule has 5 atom stereocenters. The number of esters is 4. The van der Waals surface area contributed by atoms with E-state index in [1.807, 2.05) is 12.2 Å². The number of allylic oxidation sites excluding steroid dienone is 22. The molecule has 0 fully saturated rings. The van der Waals surface area contributed by atoms with Gasteiger partial charge in [0.15, 0.2) is 12.2 Å². The number of aliphatic hydroxyl groups is 1. The molecule has 0 saturated heterocycles. The first-order valence-corrected chi connectivity index (χ1v) is 41.4. The first-order chi connectivity index (χ1) is 48.7. The van der Waals surface area contributed by atoms with Crippen LogP contribution in [-0.4, -0.2) is 96.7 Å². The van der Waals surface area contributed by atoms with E-state index in [1.165, 1.54) is 38.5 Å². The fourth-order valence-electron chi connectivity index (χ4n) is 9.71. The van der Waals surface area contributed by atoms with Crippen LogP contribution < -0.4 is 0 Å². The summed E-state index contributed by atoms with van der Waals surface area (Å²) in [6.07, 6.45) is 80.1. The molecule has 0 rings (SSSR count). The number of aliphatic hydroxyl groups excluding tert-OH is 1. The molecule has 100 heavy (non-hydrogen) atoms. The molecule has 3 N–H and O–H groups in total. The topological polar surface area (TPSA) is 237 Å². The van der Waals surface area contributed by atoms with E-state index in [4.69, 9.17) is 37.0 Å². The maximum Gasteiger partial charge on any atom is 0.472 e. The molecular formula is C81H136O17P2. The summed E-state index contributed by atoms with van der Waals surface area (Å²) in [5, 5.41) is 10.6. The molecule has 19 heteroatoms. The second-order valence-corrected chi connectivity index (χ2v) is 28.1. The molecule has 0 aromatic rings. The van der Waals surface area contributed by atoms with Gasteiger partial charge in [0, 0.05) is 25.7 Å². The Morgan fingerprint density at radius 3 is 0.880 bits per heavy atom. The Kier molecular flexibility index (Phi) is 69.1. The maximum atomic E-state index is 13.1. The first-order valence-electron chi connectivity index (χ1n) is 38.4. The van der Waals surface area contributed by atoms with Crippen LogP contribution in [0.3, 0.4) is 0 Å². The number of carbonyl (C=O) groups is 4. The van der Waals surface area contributed by atoms with E-state index >= 15 is 0 Å². The van der Waals surface area contributed by atoms with Crippen molar-refractivity contribution < 1.29 is 80.2 Å². The summed E-state index contributed by atoms with van der Waals surface area (Å²) >= 11 is 0. The maximum absolute atomic E-state index is 13.1. The quantitative estimate of drug-likeness (QED) is 0.0169. The monoisotopic (exact) mass is 1440 g/mol. The Morgan fingerprint density at radius 1 is 0.290 bits per heavy atom. The van der Waals surface area contributed by atoms with E-state index in [0.717, 1.165) is 173 Å². The molecule has 0 aliphatic carbocycles. The van der Waals surface area contributed by atoms with E-state index in [1.54, 1.807) is 0 Å². The second kappa shape index (κ2) is 72.5. The van der Waals surface area contributed by atoms with Gasteiger partial charge in [-0.3, -0.25) is 37.3 Å². The number of rotatable bonds is 71. The molecule has 5 unspecified atom stereocenters. The highest BCUT2D eigenvalue weighted by molar-refractivity contribution is 7.47. The van der Waals surface area contributed by atoms with E-state index in [-0.39, 0.29) is 25.7 Å². The largest absolute Gasteiger partial charge is 0.472 e. The molecular weight excluding hydrogens is 1310 g/mol. The number of carbonyl (C=O) groups excluding carboxylic acids is 4. The third kappa shape index (κ3) is 71.6. The van der Waals surface area contributed by atoms with Gasteiger partial charge in [0.2, 0.25) is 0 Å². The lowest BCUT2D eigenvalue weighted by molar-refractivity contribution is -0.161. The van der Waals surface area contributed by atoms with E-state index in [9.17, 15) is 43.2 Å². The molecule has 17 nitrogen and oxygen atoms in total. The molecule has 0 saturated carbocycles. The third-order valence-electron chi connectivity index (χ3n) is 15.5. The molecule has 0 amide bonds. The molecule has 0 aliphatic heterocycles. The van der Waals surface area contributed by atoms with Crippen molar-refractivity contribution >= 4 is 39.5 Å². The van der Waals surface area contributed by atoms with Crippen molar-refractivity contribution in [1.29, 1.82) is 0 Å². The zero-order valence-corrected chi connectivity index (χ0v) is 64.1. The minimum absolute atomic E-state index is 0.0630. The molecule has 0 aromatic carbocycles. The third-order valence-corrected chi connectivity index (χ3v) is 17.5.